The van der Waals surface area contributed by atoms with E-state index in [1.54, 1.807) is 16.8 Å². The molecule has 1 aliphatic heterocycles. The van der Waals surface area contributed by atoms with Crippen LogP contribution in [0, 0.1) is 0 Å². The lowest BCUT2D eigenvalue weighted by molar-refractivity contribution is 0.0711. The standard InChI is InChI=1S/C17H20N4O3/c22-14-10-24-15(9-21-8-13(19-20-21)11-6-7-11)16(14)18-17(23)12-4-2-1-3-5-12/h1-5,8,11,14-16,22H,6-7,9-10H2,(H,18,23)/t14-,15+,16+/m0/s1. The third-order valence-corrected chi connectivity index (χ3v) is 4.55. The number of hydrogen-bond donors (Lipinski definition) is 2. The number of nitrogens with zero attached hydrogens (tertiary/aromatic N) is 3. The average Bonchev–Trinajstić information content (AvgIpc) is 3.27. The predicted octanol–water partition coefficient (Wildman–Crippen LogP) is 0.714. The molecule has 2 heterocycles. The van der Waals surface area contributed by atoms with Crippen LogP contribution in [0.1, 0.15) is 34.8 Å². The predicted molar refractivity (Wildman–Crippen MR) is 85.4 cm³/mol. The Kier molecular flexibility index (Phi) is 4.03. The van der Waals surface area contributed by atoms with Crippen LogP contribution in [0.25, 0.3) is 0 Å². The fraction of sp³-hybridized carbons (Fsp3) is 0.471. The Labute approximate surface area is 139 Å². The van der Waals surface area contributed by atoms with Crippen LogP contribution in [-0.2, 0) is 11.3 Å². The van der Waals surface area contributed by atoms with Crippen molar-refractivity contribution in [2.75, 3.05) is 6.61 Å². The monoisotopic (exact) mass is 328 g/mol. The van der Waals surface area contributed by atoms with E-state index >= 15 is 0 Å². The molecule has 2 fully saturated rings. The topological polar surface area (TPSA) is 89.3 Å². The van der Waals surface area contributed by atoms with Gasteiger partial charge in [0.15, 0.2) is 0 Å². The van der Waals surface area contributed by atoms with E-state index in [4.69, 9.17) is 4.74 Å². The summed E-state index contributed by atoms with van der Waals surface area (Å²) in [7, 11) is 0. The molecule has 2 N–H and O–H groups in total. The number of hydrogen-bond acceptors (Lipinski definition) is 5. The first kappa shape index (κ1) is 15.3. The van der Waals surface area contributed by atoms with E-state index in [1.165, 1.54) is 12.8 Å². The first-order chi connectivity index (χ1) is 11.7. The molecular weight excluding hydrogens is 308 g/mol. The van der Waals surface area contributed by atoms with Crippen molar-refractivity contribution in [1.82, 2.24) is 20.3 Å². The third kappa shape index (κ3) is 3.18. The Morgan fingerprint density at radius 3 is 2.88 bits per heavy atom. The zero-order valence-electron chi connectivity index (χ0n) is 13.2. The van der Waals surface area contributed by atoms with Gasteiger partial charge in [-0.3, -0.25) is 4.79 Å². The maximum absolute atomic E-state index is 12.3. The molecule has 0 bridgehead atoms. The fourth-order valence-electron chi connectivity index (χ4n) is 3.01. The van der Waals surface area contributed by atoms with Crippen LogP contribution >= 0.6 is 0 Å². The first-order valence-corrected chi connectivity index (χ1v) is 8.26. The van der Waals surface area contributed by atoms with Crippen molar-refractivity contribution >= 4 is 5.91 Å². The summed E-state index contributed by atoms with van der Waals surface area (Å²) >= 11 is 0. The summed E-state index contributed by atoms with van der Waals surface area (Å²) < 4.78 is 7.38. The smallest absolute Gasteiger partial charge is 0.251 e. The highest BCUT2D eigenvalue weighted by Crippen LogP contribution is 2.38. The van der Waals surface area contributed by atoms with Gasteiger partial charge in [-0.1, -0.05) is 23.4 Å². The zero-order chi connectivity index (χ0) is 16.5. The third-order valence-electron chi connectivity index (χ3n) is 4.55. The maximum Gasteiger partial charge on any atom is 0.251 e. The number of carbonyl (C=O) groups excluding carboxylic acids is 1. The summed E-state index contributed by atoms with van der Waals surface area (Å²) in [6.45, 7) is 0.658. The summed E-state index contributed by atoms with van der Waals surface area (Å²) in [4.78, 5) is 12.3. The van der Waals surface area contributed by atoms with E-state index in [-0.39, 0.29) is 18.6 Å². The Balaban J connectivity index is 1.43. The van der Waals surface area contributed by atoms with Gasteiger partial charge >= 0.3 is 0 Å². The van der Waals surface area contributed by atoms with Gasteiger partial charge in [0.25, 0.3) is 5.91 Å². The van der Waals surface area contributed by atoms with Crippen molar-refractivity contribution in [1.29, 1.82) is 0 Å². The molecule has 7 heteroatoms. The van der Waals surface area contributed by atoms with Gasteiger partial charge in [0, 0.05) is 17.7 Å². The second-order valence-corrected chi connectivity index (χ2v) is 6.44. The molecule has 1 saturated carbocycles. The van der Waals surface area contributed by atoms with Crippen molar-refractivity contribution in [2.24, 2.45) is 0 Å². The Bertz CT molecular complexity index is 714. The van der Waals surface area contributed by atoms with Gasteiger partial charge in [-0.05, 0) is 25.0 Å². The molecule has 0 radical (unpaired) electrons. The lowest BCUT2D eigenvalue weighted by Crippen LogP contribution is -2.48. The SMILES string of the molecule is O=C(N[C@@H]1[C@@H](O)CO[C@@H]1Cn1cc(C2CC2)nn1)c1ccccc1. The molecule has 3 atom stereocenters. The van der Waals surface area contributed by atoms with Crippen LogP contribution in [-0.4, -0.2) is 50.9 Å². The molecule has 0 unspecified atom stereocenters. The molecule has 24 heavy (non-hydrogen) atoms. The molecular formula is C17H20N4O3. The molecule has 7 nitrogen and oxygen atoms in total. The first-order valence-electron chi connectivity index (χ1n) is 8.26. The number of rotatable bonds is 5. The molecule has 1 aromatic carbocycles. The van der Waals surface area contributed by atoms with E-state index in [0.29, 0.717) is 18.0 Å². The maximum atomic E-state index is 12.3. The largest absolute Gasteiger partial charge is 0.388 e. The number of aliphatic hydroxyl groups is 1. The minimum absolute atomic E-state index is 0.203. The van der Waals surface area contributed by atoms with Crippen LogP contribution in [0.2, 0.25) is 0 Å². The molecule has 1 amide bonds. The molecule has 2 aromatic rings. The highest BCUT2D eigenvalue weighted by Gasteiger charge is 2.38. The Morgan fingerprint density at radius 1 is 1.33 bits per heavy atom. The van der Waals surface area contributed by atoms with Crippen molar-refractivity contribution in [3.63, 3.8) is 0 Å². The summed E-state index contributed by atoms with van der Waals surface area (Å²) in [6.07, 6.45) is 3.22. The minimum Gasteiger partial charge on any atom is -0.388 e. The summed E-state index contributed by atoms with van der Waals surface area (Å²) in [6, 6.07) is 8.49. The van der Waals surface area contributed by atoms with Gasteiger partial charge in [0.05, 0.1) is 24.9 Å². The van der Waals surface area contributed by atoms with Gasteiger partial charge < -0.3 is 15.2 Å². The van der Waals surface area contributed by atoms with Gasteiger partial charge in [0.1, 0.15) is 12.2 Å². The van der Waals surface area contributed by atoms with Crippen molar-refractivity contribution in [3.8, 4) is 0 Å². The van der Waals surface area contributed by atoms with Gasteiger partial charge in [-0.15, -0.1) is 5.10 Å². The molecule has 2 aliphatic rings. The lowest BCUT2D eigenvalue weighted by Gasteiger charge is -2.21. The zero-order valence-corrected chi connectivity index (χ0v) is 13.2. The second kappa shape index (κ2) is 6.33. The van der Waals surface area contributed by atoms with Gasteiger partial charge in [0.2, 0.25) is 0 Å². The molecule has 126 valence electrons. The Hall–Kier alpha value is -2.25. The number of nitrogens with one attached hydrogen (secondary N) is 1. The Morgan fingerprint density at radius 2 is 2.12 bits per heavy atom. The summed E-state index contributed by atoms with van der Waals surface area (Å²) in [5.74, 6) is 0.329. The number of aromatic nitrogens is 3. The van der Waals surface area contributed by atoms with Gasteiger partial charge in [-0.2, -0.15) is 0 Å². The normalized spacial score (nSPS) is 26.5. The molecule has 1 aromatic heterocycles. The quantitative estimate of drug-likeness (QED) is 0.844. The van der Waals surface area contributed by atoms with Crippen LogP contribution in [0.15, 0.2) is 36.5 Å². The van der Waals surface area contributed by atoms with E-state index in [2.05, 4.69) is 15.6 Å². The molecule has 1 saturated heterocycles. The number of benzene rings is 1. The van der Waals surface area contributed by atoms with Crippen molar-refractivity contribution in [2.45, 2.75) is 43.6 Å². The van der Waals surface area contributed by atoms with E-state index < -0.39 is 12.1 Å². The van der Waals surface area contributed by atoms with Crippen LogP contribution < -0.4 is 5.32 Å². The summed E-state index contributed by atoms with van der Waals surface area (Å²) in [5, 5.41) is 21.3. The van der Waals surface area contributed by atoms with Crippen LogP contribution in [0.3, 0.4) is 0 Å². The van der Waals surface area contributed by atoms with Gasteiger partial charge in [-0.25, -0.2) is 4.68 Å². The number of carbonyl (C=O) groups is 1. The fourth-order valence-corrected chi connectivity index (χ4v) is 3.01. The highest BCUT2D eigenvalue weighted by molar-refractivity contribution is 5.94. The number of aliphatic hydroxyl groups excluding tert-OH is 1. The highest BCUT2D eigenvalue weighted by atomic mass is 16.5. The lowest BCUT2D eigenvalue weighted by atomic mass is 10.1. The van der Waals surface area contributed by atoms with Crippen LogP contribution in [0.5, 0.6) is 0 Å². The average molecular weight is 328 g/mol. The van der Waals surface area contributed by atoms with Crippen LogP contribution in [0.4, 0.5) is 0 Å². The minimum atomic E-state index is -0.728. The van der Waals surface area contributed by atoms with E-state index in [1.807, 2.05) is 24.4 Å². The van der Waals surface area contributed by atoms with Crippen molar-refractivity contribution in [3.05, 3.63) is 47.8 Å². The number of ether oxygens (including phenoxy) is 1. The van der Waals surface area contributed by atoms with E-state index in [0.717, 1.165) is 5.69 Å². The van der Waals surface area contributed by atoms with E-state index in [9.17, 15) is 9.90 Å². The van der Waals surface area contributed by atoms with Crippen molar-refractivity contribution < 1.29 is 14.6 Å². The molecule has 4 rings (SSSR count). The second-order valence-electron chi connectivity index (χ2n) is 6.44. The number of amides is 1. The summed E-state index contributed by atoms with van der Waals surface area (Å²) in [5.41, 5.74) is 1.57. The molecule has 0 spiro atoms. The molecule has 1 aliphatic carbocycles.